The predicted octanol–water partition coefficient (Wildman–Crippen LogP) is 4.17. The van der Waals surface area contributed by atoms with Gasteiger partial charge in [0, 0.05) is 19.2 Å². The number of nitrogens with zero attached hydrogens (tertiary/aromatic N) is 3. The van der Waals surface area contributed by atoms with E-state index in [-0.39, 0.29) is 5.91 Å². The van der Waals surface area contributed by atoms with E-state index in [1.807, 2.05) is 49.4 Å². The normalized spacial score (nSPS) is 11.6. The van der Waals surface area contributed by atoms with E-state index in [2.05, 4.69) is 25.9 Å². The lowest BCUT2D eigenvalue weighted by molar-refractivity contribution is -0.116. The van der Waals surface area contributed by atoms with E-state index in [0.717, 1.165) is 45.0 Å². The van der Waals surface area contributed by atoms with Gasteiger partial charge in [-0.15, -0.1) is 11.3 Å². The number of para-hydroxylation sites is 3. The molecule has 2 aromatic heterocycles. The van der Waals surface area contributed by atoms with Gasteiger partial charge in [0.15, 0.2) is 0 Å². The fourth-order valence-corrected chi connectivity index (χ4v) is 3.96. The third-order valence-electron chi connectivity index (χ3n) is 4.39. The number of nitrogens with one attached hydrogen (secondary N) is 1. The first-order chi connectivity index (χ1) is 13.2. The molecule has 27 heavy (non-hydrogen) atoms. The number of hydrogen-bond acceptors (Lipinski definition) is 4. The van der Waals surface area contributed by atoms with Crippen molar-refractivity contribution in [1.29, 1.82) is 0 Å². The molecule has 1 N–H and O–H groups in total. The Morgan fingerprint density at radius 2 is 1.89 bits per heavy atom. The number of aryl methyl sites for hydroxylation is 2. The largest absolute Gasteiger partial charge is 0.352 e. The number of imidazole rings is 1. The number of amides is 1. The second-order valence-electron chi connectivity index (χ2n) is 6.30. The predicted molar refractivity (Wildman–Crippen MR) is 111 cm³/mol. The van der Waals surface area contributed by atoms with Gasteiger partial charge in [-0.05, 0) is 43.7 Å². The van der Waals surface area contributed by atoms with E-state index in [9.17, 15) is 4.79 Å². The average Bonchev–Trinajstić information content (AvgIpc) is 3.23. The van der Waals surface area contributed by atoms with Gasteiger partial charge in [0.05, 0.1) is 21.3 Å². The van der Waals surface area contributed by atoms with Gasteiger partial charge < -0.3 is 9.88 Å². The van der Waals surface area contributed by atoms with Crippen molar-refractivity contribution in [2.45, 2.75) is 19.9 Å². The molecule has 2 heterocycles. The minimum Gasteiger partial charge on any atom is -0.352 e. The molecule has 0 radical (unpaired) electrons. The summed E-state index contributed by atoms with van der Waals surface area (Å²) in [7, 11) is 0. The second kappa shape index (κ2) is 7.72. The molecule has 0 unspecified atom stereocenters. The highest BCUT2D eigenvalue weighted by Crippen LogP contribution is 2.22. The number of thiazole rings is 1. The Hall–Kier alpha value is -2.99. The van der Waals surface area contributed by atoms with Crippen LogP contribution in [-0.4, -0.2) is 27.0 Å². The molecule has 0 aliphatic heterocycles. The molecular weight excluding hydrogens is 356 g/mol. The standard InChI is InChI=1S/C21H20N4OS/c1-15-23-16-7-2-4-9-18(16)25(15)14-6-13-22-20(26)11-12-21-24-17-8-3-5-10-19(17)27-21/h2-5,7-12H,6,13-14H2,1H3,(H,22,26)/b12-11+. The summed E-state index contributed by atoms with van der Waals surface area (Å²) in [4.78, 5) is 21.1. The van der Waals surface area contributed by atoms with Crippen LogP contribution in [0, 0.1) is 6.92 Å². The van der Waals surface area contributed by atoms with E-state index in [4.69, 9.17) is 0 Å². The number of benzene rings is 2. The molecule has 4 rings (SSSR count). The van der Waals surface area contributed by atoms with Crippen LogP contribution in [0.5, 0.6) is 0 Å². The van der Waals surface area contributed by atoms with Crippen molar-refractivity contribution in [2.24, 2.45) is 0 Å². The Morgan fingerprint density at radius 1 is 1.11 bits per heavy atom. The highest BCUT2D eigenvalue weighted by Gasteiger charge is 2.06. The van der Waals surface area contributed by atoms with Crippen molar-refractivity contribution in [2.75, 3.05) is 6.54 Å². The maximum Gasteiger partial charge on any atom is 0.244 e. The Morgan fingerprint density at radius 3 is 2.74 bits per heavy atom. The molecule has 0 saturated carbocycles. The summed E-state index contributed by atoms with van der Waals surface area (Å²) in [6.07, 6.45) is 4.17. The fraction of sp³-hybridized carbons (Fsp3) is 0.190. The summed E-state index contributed by atoms with van der Waals surface area (Å²) in [6, 6.07) is 16.1. The second-order valence-corrected chi connectivity index (χ2v) is 7.36. The Balaban J connectivity index is 1.29. The molecule has 5 nitrogen and oxygen atoms in total. The summed E-state index contributed by atoms with van der Waals surface area (Å²) in [5.41, 5.74) is 3.11. The van der Waals surface area contributed by atoms with E-state index < -0.39 is 0 Å². The van der Waals surface area contributed by atoms with Crippen LogP contribution in [0.25, 0.3) is 27.3 Å². The highest BCUT2D eigenvalue weighted by atomic mass is 32.1. The summed E-state index contributed by atoms with van der Waals surface area (Å²) >= 11 is 1.58. The average molecular weight is 376 g/mol. The molecule has 0 saturated heterocycles. The smallest absolute Gasteiger partial charge is 0.244 e. The van der Waals surface area contributed by atoms with Crippen molar-refractivity contribution in [3.05, 3.63) is 65.4 Å². The third-order valence-corrected chi connectivity index (χ3v) is 5.39. The van der Waals surface area contributed by atoms with Crippen LogP contribution in [0.1, 0.15) is 17.3 Å². The topological polar surface area (TPSA) is 59.8 Å². The summed E-state index contributed by atoms with van der Waals surface area (Å²) in [5, 5.41) is 3.77. The molecule has 0 spiro atoms. The molecule has 6 heteroatoms. The maximum atomic E-state index is 12.0. The zero-order valence-electron chi connectivity index (χ0n) is 15.1. The molecule has 4 aromatic rings. The maximum absolute atomic E-state index is 12.0. The van der Waals surface area contributed by atoms with E-state index >= 15 is 0 Å². The molecule has 0 aliphatic carbocycles. The van der Waals surface area contributed by atoms with Crippen LogP contribution in [0.2, 0.25) is 0 Å². The van der Waals surface area contributed by atoms with Gasteiger partial charge in [-0.2, -0.15) is 0 Å². The molecule has 1 amide bonds. The number of carbonyl (C=O) groups is 1. The van der Waals surface area contributed by atoms with Gasteiger partial charge in [-0.25, -0.2) is 9.97 Å². The van der Waals surface area contributed by atoms with Crippen LogP contribution < -0.4 is 5.32 Å². The number of fused-ring (bicyclic) bond motifs is 2. The lowest BCUT2D eigenvalue weighted by Crippen LogP contribution is -2.23. The van der Waals surface area contributed by atoms with Gasteiger partial charge in [0.25, 0.3) is 0 Å². The zero-order valence-corrected chi connectivity index (χ0v) is 15.9. The van der Waals surface area contributed by atoms with Crippen LogP contribution in [-0.2, 0) is 11.3 Å². The SMILES string of the molecule is Cc1nc2ccccc2n1CCCNC(=O)/C=C/c1nc2ccccc2s1. The first-order valence-electron chi connectivity index (χ1n) is 8.94. The number of hydrogen-bond donors (Lipinski definition) is 1. The highest BCUT2D eigenvalue weighted by molar-refractivity contribution is 7.19. The minimum absolute atomic E-state index is 0.0959. The quantitative estimate of drug-likeness (QED) is 0.406. The first-order valence-corrected chi connectivity index (χ1v) is 9.76. The van der Waals surface area contributed by atoms with Crippen LogP contribution in [0.3, 0.4) is 0 Å². The van der Waals surface area contributed by atoms with E-state index in [1.54, 1.807) is 23.5 Å². The number of aromatic nitrogens is 3. The van der Waals surface area contributed by atoms with Crippen LogP contribution >= 0.6 is 11.3 Å². The Labute approximate surface area is 161 Å². The van der Waals surface area contributed by atoms with Crippen molar-refractivity contribution >= 4 is 44.6 Å². The molecule has 2 aromatic carbocycles. The summed E-state index contributed by atoms with van der Waals surface area (Å²) in [5.74, 6) is 0.903. The summed E-state index contributed by atoms with van der Waals surface area (Å²) < 4.78 is 3.32. The Kier molecular flexibility index (Phi) is 4.98. The molecule has 0 fully saturated rings. The van der Waals surface area contributed by atoms with Gasteiger partial charge >= 0.3 is 0 Å². The Bertz CT molecular complexity index is 1090. The first kappa shape index (κ1) is 17.4. The van der Waals surface area contributed by atoms with Gasteiger partial charge in [0.2, 0.25) is 5.91 Å². The number of carbonyl (C=O) groups excluding carboxylic acids is 1. The summed E-state index contributed by atoms with van der Waals surface area (Å²) in [6.45, 7) is 3.46. The molecule has 0 bridgehead atoms. The van der Waals surface area contributed by atoms with E-state index in [1.165, 1.54) is 0 Å². The van der Waals surface area contributed by atoms with Gasteiger partial charge in [0.1, 0.15) is 10.8 Å². The van der Waals surface area contributed by atoms with Crippen molar-refractivity contribution in [1.82, 2.24) is 19.9 Å². The van der Waals surface area contributed by atoms with Crippen molar-refractivity contribution in [3.8, 4) is 0 Å². The third kappa shape index (κ3) is 3.90. The minimum atomic E-state index is -0.0959. The lowest BCUT2D eigenvalue weighted by atomic mass is 10.3. The number of rotatable bonds is 6. The van der Waals surface area contributed by atoms with Crippen LogP contribution in [0.15, 0.2) is 54.6 Å². The van der Waals surface area contributed by atoms with Gasteiger partial charge in [-0.1, -0.05) is 24.3 Å². The lowest BCUT2D eigenvalue weighted by Gasteiger charge is -2.07. The molecular formula is C21H20N4OS. The zero-order chi connectivity index (χ0) is 18.6. The van der Waals surface area contributed by atoms with Crippen molar-refractivity contribution < 1.29 is 4.79 Å². The molecule has 0 aliphatic rings. The molecule has 136 valence electrons. The van der Waals surface area contributed by atoms with E-state index in [0.29, 0.717) is 6.54 Å². The van der Waals surface area contributed by atoms with Crippen LogP contribution in [0.4, 0.5) is 0 Å². The molecule has 0 atom stereocenters. The fourth-order valence-electron chi connectivity index (χ4n) is 3.09. The van der Waals surface area contributed by atoms with Crippen molar-refractivity contribution in [3.63, 3.8) is 0 Å². The van der Waals surface area contributed by atoms with Gasteiger partial charge in [-0.3, -0.25) is 4.79 Å². The monoisotopic (exact) mass is 376 g/mol.